The van der Waals surface area contributed by atoms with Gasteiger partial charge in [-0.1, -0.05) is 13.8 Å². The highest BCUT2D eigenvalue weighted by molar-refractivity contribution is 7.84. The Balaban J connectivity index is 2.40. The molecule has 0 saturated carbocycles. The van der Waals surface area contributed by atoms with Gasteiger partial charge in [0, 0.05) is 34.2 Å². The van der Waals surface area contributed by atoms with Crippen molar-refractivity contribution in [1.29, 1.82) is 0 Å². The van der Waals surface area contributed by atoms with E-state index in [0.717, 1.165) is 0 Å². The van der Waals surface area contributed by atoms with Gasteiger partial charge in [0.2, 0.25) is 0 Å². The zero-order valence-electron chi connectivity index (χ0n) is 12.1. The zero-order chi connectivity index (χ0) is 15.1. The largest absolute Gasteiger partial charge is 0.391 e. The fraction of sp³-hybridized carbons (Fsp3) is 0.500. The Labute approximate surface area is 122 Å². The van der Waals surface area contributed by atoms with Gasteiger partial charge in [-0.15, -0.1) is 0 Å². The van der Waals surface area contributed by atoms with Crippen LogP contribution in [0, 0.1) is 5.92 Å². The number of anilines is 1. The third-order valence-electron chi connectivity index (χ3n) is 2.69. The van der Waals surface area contributed by atoms with Gasteiger partial charge >= 0.3 is 6.03 Å². The van der Waals surface area contributed by atoms with E-state index in [1.54, 1.807) is 30.5 Å². The number of amides is 2. The van der Waals surface area contributed by atoms with Crippen molar-refractivity contribution in [1.82, 2.24) is 5.32 Å². The molecule has 2 amide bonds. The van der Waals surface area contributed by atoms with Gasteiger partial charge in [0.15, 0.2) is 0 Å². The summed E-state index contributed by atoms with van der Waals surface area (Å²) in [7, 11) is -1.03. The first-order valence-corrected chi connectivity index (χ1v) is 8.10. The number of urea groups is 1. The third-order valence-corrected chi connectivity index (χ3v) is 3.62. The van der Waals surface area contributed by atoms with Gasteiger partial charge in [0.1, 0.15) is 0 Å². The van der Waals surface area contributed by atoms with Gasteiger partial charge in [0.05, 0.1) is 6.10 Å². The van der Waals surface area contributed by atoms with Crippen LogP contribution < -0.4 is 10.6 Å². The number of aliphatic hydroxyl groups excluding tert-OH is 1. The van der Waals surface area contributed by atoms with Crippen LogP contribution in [0.4, 0.5) is 10.5 Å². The summed E-state index contributed by atoms with van der Waals surface area (Å²) in [6.45, 7) is 4.26. The maximum absolute atomic E-state index is 11.6. The van der Waals surface area contributed by atoms with E-state index in [1.807, 2.05) is 13.8 Å². The second-order valence-corrected chi connectivity index (χ2v) is 6.48. The summed E-state index contributed by atoms with van der Waals surface area (Å²) >= 11 is 0. The molecule has 1 aromatic carbocycles. The average molecular weight is 298 g/mol. The van der Waals surface area contributed by atoms with Crippen molar-refractivity contribution >= 4 is 22.5 Å². The quantitative estimate of drug-likeness (QED) is 0.751. The number of rotatable bonds is 6. The number of hydrogen-bond donors (Lipinski definition) is 3. The van der Waals surface area contributed by atoms with Crippen LogP contribution >= 0.6 is 0 Å². The first-order valence-electron chi connectivity index (χ1n) is 6.55. The van der Waals surface area contributed by atoms with E-state index in [9.17, 15) is 14.1 Å². The monoisotopic (exact) mass is 298 g/mol. The Morgan fingerprint density at radius 3 is 2.40 bits per heavy atom. The third kappa shape index (κ3) is 6.16. The average Bonchev–Trinajstić information content (AvgIpc) is 2.36. The lowest BCUT2D eigenvalue weighted by molar-refractivity contribution is 0.148. The molecule has 1 aromatic rings. The van der Waals surface area contributed by atoms with Crippen LogP contribution in [0.5, 0.6) is 0 Å². The predicted molar refractivity (Wildman–Crippen MR) is 81.3 cm³/mol. The van der Waals surface area contributed by atoms with Gasteiger partial charge in [-0.25, -0.2) is 4.79 Å². The Bertz CT molecular complexity index is 460. The molecule has 0 aliphatic carbocycles. The lowest BCUT2D eigenvalue weighted by Crippen LogP contribution is -2.35. The molecule has 0 aliphatic heterocycles. The van der Waals surface area contributed by atoms with Crippen LogP contribution in [0.25, 0.3) is 0 Å². The normalized spacial score (nSPS) is 13.8. The molecule has 0 heterocycles. The summed E-state index contributed by atoms with van der Waals surface area (Å²) < 4.78 is 11.2. The molecule has 3 N–H and O–H groups in total. The topological polar surface area (TPSA) is 78.4 Å². The Morgan fingerprint density at radius 2 is 1.90 bits per heavy atom. The molecule has 1 rings (SSSR count). The molecular weight excluding hydrogens is 276 g/mol. The highest BCUT2D eigenvalue weighted by Gasteiger charge is 2.09. The number of carbonyl (C=O) groups is 1. The molecule has 6 heteroatoms. The lowest BCUT2D eigenvalue weighted by Gasteiger charge is -2.14. The second kappa shape index (κ2) is 8.01. The first kappa shape index (κ1) is 16.7. The van der Waals surface area contributed by atoms with E-state index in [0.29, 0.717) is 22.9 Å². The van der Waals surface area contributed by atoms with E-state index < -0.39 is 16.9 Å². The summed E-state index contributed by atoms with van der Waals surface area (Å²) in [5.41, 5.74) is 0.620. The van der Waals surface area contributed by atoms with Crippen molar-refractivity contribution in [2.24, 2.45) is 5.92 Å². The smallest absolute Gasteiger partial charge is 0.319 e. The molecule has 0 fully saturated rings. The summed E-state index contributed by atoms with van der Waals surface area (Å²) in [4.78, 5) is 12.3. The van der Waals surface area contributed by atoms with Crippen molar-refractivity contribution in [3.63, 3.8) is 0 Å². The molecule has 20 heavy (non-hydrogen) atoms. The van der Waals surface area contributed by atoms with Crippen LogP contribution in [0.15, 0.2) is 29.2 Å². The van der Waals surface area contributed by atoms with Crippen LogP contribution in [-0.4, -0.2) is 34.3 Å². The van der Waals surface area contributed by atoms with E-state index in [1.165, 1.54) is 0 Å². The minimum Gasteiger partial charge on any atom is -0.391 e. The van der Waals surface area contributed by atoms with Crippen LogP contribution in [0.3, 0.4) is 0 Å². The highest BCUT2D eigenvalue weighted by Crippen LogP contribution is 2.11. The van der Waals surface area contributed by atoms with Crippen molar-refractivity contribution in [3.05, 3.63) is 24.3 Å². The van der Waals surface area contributed by atoms with E-state index in [-0.39, 0.29) is 12.6 Å². The summed E-state index contributed by atoms with van der Waals surface area (Å²) in [6.07, 6.45) is 1.72. The number of hydrogen-bond acceptors (Lipinski definition) is 3. The second-order valence-electron chi connectivity index (χ2n) is 5.10. The van der Waals surface area contributed by atoms with Crippen molar-refractivity contribution in [2.45, 2.75) is 31.3 Å². The molecule has 0 bridgehead atoms. The minimum atomic E-state index is -1.03. The molecular formula is C14H22N2O3S. The Kier molecular flexibility index (Phi) is 6.67. The molecule has 0 radical (unpaired) electrons. The maximum atomic E-state index is 11.6. The number of aliphatic hydroxyl groups is 1. The highest BCUT2D eigenvalue weighted by atomic mass is 32.2. The summed E-state index contributed by atoms with van der Waals surface area (Å²) in [5, 5.41) is 14.9. The van der Waals surface area contributed by atoms with Crippen molar-refractivity contribution < 1.29 is 14.1 Å². The Morgan fingerprint density at radius 1 is 1.30 bits per heavy atom. The van der Waals surface area contributed by atoms with E-state index in [4.69, 9.17) is 0 Å². The van der Waals surface area contributed by atoms with Crippen LogP contribution in [-0.2, 0) is 10.8 Å². The summed E-state index contributed by atoms with van der Waals surface area (Å²) in [6, 6.07) is 6.44. The first-order chi connectivity index (χ1) is 9.38. The van der Waals surface area contributed by atoms with Gasteiger partial charge in [-0.05, 0) is 36.6 Å². The number of benzene rings is 1. The molecule has 0 aliphatic rings. The van der Waals surface area contributed by atoms with Gasteiger partial charge in [0.25, 0.3) is 0 Å². The molecule has 0 spiro atoms. The standard InChI is InChI=1S/C14H22N2O3S/c1-10(2)8-12(17)9-15-14(18)16-11-4-6-13(7-5-11)20(3)19/h4-7,10,12,17H,8-9H2,1-3H3,(H2,15,16,18). The molecule has 2 atom stereocenters. The van der Waals surface area contributed by atoms with E-state index in [2.05, 4.69) is 10.6 Å². The van der Waals surface area contributed by atoms with Gasteiger partial charge in [-0.3, -0.25) is 4.21 Å². The van der Waals surface area contributed by atoms with Crippen LogP contribution in [0.2, 0.25) is 0 Å². The molecule has 0 saturated heterocycles. The fourth-order valence-electron chi connectivity index (χ4n) is 1.74. The van der Waals surface area contributed by atoms with Crippen molar-refractivity contribution in [3.8, 4) is 0 Å². The van der Waals surface area contributed by atoms with Gasteiger partial charge < -0.3 is 15.7 Å². The summed E-state index contributed by atoms with van der Waals surface area (Å²) in [5.74, 6) is 0.386. The predicted octanol–water partition coefficient (Wildman–Crippen LogP) is 1.95. The zero-order valence-corrected chi connectivity index (χ0v) is 12.9. The molecule has 112 valence electrons. The minimum absolute atomic E-state index is 0.223. The fourth-order valence-corrected chi connectivity index (χ4v) is 2.26. The molecule has 2 unspecified atom stereocenters. The van der Waals surface area contributed by atoms with Gasteiger partial charge in [-0.2, -0.15) is 0 Å². The lowest BCUT2D eigenvalue weighted by atomic mass is 10.1. The number of nitrogens with one attached hydrogen (secondary N) is 2. The van der Waals surface area contributed by atoms with Crippen LogP contribution in [0.1, 0.15) is 20.3 Å². The number of carbonyl (C=O) groups excluding carboxylic acids is 1. The SMILES string of the molecule is CC(C)CC(O)CNC(=O)Nc1ccc(S(C)=O)cc1. The maximum Gasteiger partial charge on any atom is 0.319 e. The van der Waals surface area contributed by atoms with E-state index >= 15 is 0 Å². The molecule has 5 nitrogen and oxygen atoms in total. The Hall–Kier alpha value is -1.40. The molecule has 0 aromatic heterocycles. The van der Waals surface area contributed by atoms with Crippen molar-refractivity contribution in [2.75, 3.05) is 18.1 Å².